The van der Waals surface area contributed by atoms with Crippen LogP contribution in [0.2, 0.25) is 0 Å². The van der Waals surface area contributed by atoms with Crippen LogP contribution in [0.25, 0.3) is 0 Å². The maximum atomic E-state index is 5.87. The van der Waals surface area contributed by atoms with Crippen molar-refractivity contribution in [3.05, 3.63) is 15.4 Å². The van der Waals surface area contributed by atoms with Crippen molar-refractivity contribution in [1.82, 2.24) is 4.90 Å². The van der Waals surface area contributed by atoms with Gasteiger partial charge in [0.05, 0.1) is 11.6 Å². The predicted molar refractivity (Wildman–Crippen MR) is 73.7 cm³/mol. The number of nitrogens with two attached hydrogens (primary N) is 1. The molecular weight excluding hydrogens is 312 g/mol. The summed E-state index contributed by atoms with van der Waals surface area (Å²) in [6, 6.07) is 2.49. The monoisotopic (exact) mass is 326 g/mol. The highest BCUT2D eigenvalue weighted by molar-refractivity contribution is 9.10. The van der Waals surface area contributed by atoms with Gasteiger partial charge in [-0.25, -0.2) is 0 Å². The van der Waals surface area contributed by atoms with Crippen molar-refractivity contribution in [3.63, 3.8) is 0 Å². The fourth-order valence-corrected chi connectivity index (χ4v) is 3.58. The van der Waals surface area contributed by atoms with Gasteiger partial charge in [0.2, 0.25) is 0 Å². The van der Waals surface area contributed by atoms with Crippen LogP contribution in [0.15, 0.2) is 10.5 Å². The van der Waals surface area contributed by atoms with Gasteiger partial charge in [-0.3, -0.25) is 4.90 Å². The number of methoxy groups -OCH3 is 1. The molecule has 1 saturated heterocycles. The number of halogens is 2. The van der Waals surface area contributed by atoms with Gasteiger partial charge in [-0.2, -0.15) is 0 Å². The summed E-state index contributed by atoms with van der Waals surface area (Å²) in [6.45, 7) is 3.11. The van der Waals surface area contributed by atoms with Crippen molar-refractivity contribution < 1.29 is 4.74 Å². The van der Waals surface area contributed by atoms with Crippen molar-refractivity contribution in [2.24, 2.45) is 5.73 Å². The standard InChI is InChI=1S/C10H15BrN2OS.ClH/c1-14-10-9(11)4-8(15-10)6-13-3-2-7(12)5-13;/h4,7H,2-3,5-6,12H2,1H3;1H/t7-;/m0./s1. The molecule has 2 N–H and O–H groups in total. The Morgan fingerprint density at radius 2 is 2.44 bits per heavy atom. The van der Waals surface area contributed by atoms with Crippen LogP contribution in [0.1, 0.15) is 11.3 Å². The van der Waals surface area contributed by atoms with Crippen LogP contribution in [0.4, 0.5) is 0 Å². The topological polar surface area (TPSA) is 38.5 Å². The number of nitrogens with zero attached hydrogens (tertiary/aromatic N) is 1. The van der Waals surface area contributed by atoms with Crippen LogP contribution < -0.4 is 10.5 Å². The van der Waals surface area contributed by atoms with Crippen LogP contribution in [0.5, 0.6) is 5.06 Å². The SMILES string of the molecule is COc1sc(CN2CC[C@H](N)C2)cc1Br.Cl. The number of ether oxygens (including phenoxy) is 1. The Labute approximate surface area is 114 Å². The van der Waals surface area contributed by atoms with Crippen molar-refractivity contribution in [2.45, 2.75) is 19.0 Å². The molecule has 2 heterocycles. The molecule has 1 aromatic heterocycles. The maximum Gasteiger partial charge on any atom is 0.188 e. The zero-order valence-electron chi connectivity index (χ0n) is 9.11. The Kier molecular flexibility index (Phi) is 5.53. The molecule has 92 valence electrons. The van der Waals surface area contributed by atoms with E-state index >= 15 is 0 Å². The molecule has 1 aromatic rings. The Bertz CT molecular complexity index is 348. The molecule has 0 bridgehead atoms. The van der Waals surface area contributed by atoms with Crippen molar-refractivity contribution in [1.29, 1.82) is 0 Å². The Morgan fingerprint density at radius 1 is 1.69 bits per heavy atom. The normalized spacial score (nSPS) is 20.8. The van der Waals surface area contributed by atoms with Gasteiger partial charge in [0.15, 0.2) is 5.06 Å². The molecule has 0 unspecified atom stereocenters. The highest BCUT2D eigenvalue weighted by Crippen LogP contribution is 2.35. The number of hydrogen-bond acceptors (Lipinski definition) is 4. The molecule has 0 saturated carbocycles. The molecule has 3 nitrogen and oxygen atoms in total. The van der Waals surface area contributed by atoms with Crippen molar-refractivity contribution in [2.75, 3.05) is 20.2 Å². The number of hydrogen-bond donors (Lipinski definition) is 1. The average molecular weight is 328 g/mol. The summed E-state index contributed by atoms with van der Waals surface area (Å²) in [5, 5.41) is 0.952. The predicted octanol–water partition coefficient (Wildman–Crippen LogP) is 2.47. The van der Waals surface area contributed by atoms with Gasteiger partial charge in [0.25, 0.3) is 0 Å². The molecule has 1 atom stereocenters. The number of likely N-dealkylation sites (tertiary alicyclic amines) is 1. The van der Waals surface area contributed by atoms with Crippen LogP contribution in [-0.4, -0.2) is 31.1 Å². The third-order valence-electron chi connectivity index (χ3n) is 2.58. The van der Waals surface area contributed by atoms with Gasteiger partial charge >= 0.3 is 0 Å². The van der Waals surface area contributed by atoms with E-state index < -0.39 is 0 Å². The molecule has 0 spiro atoms. The van der Waals surface area contributed by atoms with E-state index in [1.54, 1.807) is 18.4 Å². The first-order valence-corrected chi connectivity index (χ1v) is 6.60. The second kappa shape index (κ2) is 6.21. The molecule has 6 heteroatoms. The highest BCUT2D eigenvalue weighted by Gasteiger charge is 2.20. The lowest BCUT2D eigenvalue weighted by Gasteiger charge is -2.12. The van der Waals surface area contributed by atoms with Crippen LogP contribution in [0.3, 0.4) is 0 Å². The molecule has 1 aliphatic heterocycles. The molecule has 2 rings (SSSR count). The quantitative estimate of drug-likeness (QED) is 0.927. The molecule has 0 aliphatic carbocycles. The zero-order chi connectivity index (χ0) is 10.8. The van der Waals surface area contributed by atoms with Crippen LogP contribution >= 0.6 is 39.7 Å². The second-order valence-corrected chi connectivity index (χ2v) is 5.79. The van der Waals surface area contributed by atoms with E-state index in [-0.39, 0.29) is 12.4 Å². The Hall–Kier alpha value is 0.190. The van der Waals surface area contributed by atoms with Crippen LogP contribution in [0, 0.1) is 0 Å². The van der Waals surface area contributed by atoms with Crippen molar-refractivity contribution >= 4 is 39.7 Å². The molecule has 1 aliphatic rings. The first-order valence-electron chi connectivity index (χ1n) is 4.99. The summed E-state index contributed by atoms with van der Waals surface area (Å²) in [7, 11) is 1.70. The second-order valence-electron chi connectivity index (χ2n) is 3.84. The minimum Gasteiger partial charge on any atom is -0.486 e. The van der Waals surface area contributed by atoms with E-state index in [1.807, 2.05) is 0 Å². The minimum absolute atomic E-state index is 0. The minimum atomic E-state index is 0. The lowest BCUT2D eigenvalue weighted by molar-refractivity contribution is 0.330. The number of thiophene rings is 1. The van der Waals surface area contributed by atoms with E-state index in [9.17, 15) is 0 Å². The zero-order valence-corrected chi connectivity index (χ0v) is 12.3. The third-order valence-corrected chi connectivity index (χ3v) is 4.51. The summed E-state index contributed by atoms with van der Waals surface area (Å²) in [5.74, 6) is 0. The van der Waals surface area contributed by atoms with E-state index in [0.717, 1.165) is 35.6 Å². The summed E-state index contributed by atoms with van der Waals surface area (Å²) < 4.78 is 6.29. The van der Waals surface area contributed by atoms with E-state index in [4.69, 9.17) is 10.5 Å². The van der Waals surface area contributed by atoms with Gasteiger partial charge in [0, 0.05) is 30.6 Å². The van der Waals surface area contributed by atoms with Gasteiger partial charge in [-0.15, -0.1) is 23.7 Å². The molecule has 0 aromatic carbocycles. The smallest absolute Gasteiger partial charge is 0.188 e. The molecule has 16 heavy (non-hydrogen) atoms. The molecule has 0 amide bonds. The fourth-order valence-electron chi connectivity index (χ4n) is 1.84. The first-order chi connectivity index (χ1) is 7.19. The maximum absolute atomic E-state index is 5.87. The van der Waals surface area contributed by atoms with Crippen LogP contribution in [-0.2, 0) is 6.54 Å². The van der Waals surface area contributed by atoms with Crippen molar-refractivity contribution in [3.8, 4) is 5.06 Å². The largest absolute Gasteiger partial charge is 0.486 e. The summed E-state index contributed by atoms with van der Waals surface area (Å²) in [5.41, 5.74) is 5.87. The molecular formula is C10H16BrClN2OS. The Morgan fingerprint density at radius 3 is 2.94 bits per heavy atom. The first kappa shape index (κ1) is 14.3. The summed E-state index contributed by atoms with van der Waals surface area (Å²) >= 11 is 5.18. The van der Waals surface area contributed by atoms with E-state index in [1.165, 1.54) is 4.88 Å². The Balaban J connectivity index is 0.00000128. The fraction of sp³-hybridized carbons (Fsp3) is 0.600. The lowest BCUT2D eigenvalue weighted by atomic mass is 10.3. The molecule has 0 radical (unpaired) electrons. The van der Waals surface area contributed by atoms with Gasteiger partial charge in [0.1, 0.15) is 0 Å². The van der Waals surface area contributed by atoms with Gasteiger partial charge < -0.3 is 10.5 Å². The van der Waals surface area contributed by atoms with Gasteiger partial charge in [-0.05, 0) is 28.4 Å². The number of rotatable bonds is 3. The highest BCUT2D eigenvalue weighted by atomic mass is 79.9. The lowest BCUT2D eigenvalue weighted by Crippen LogP contribution is -2.25. The van der Waals surface area contributed by atoms with E-state index in [0.29, 0.717) is 6.04 Å². The van der Waals surface area contributed by atoms with E-state index in [2.05, 4.69) is 26.9 Å². The van der Waals surface area contributed by atoms with Gasteiger partial charge in [-0.1, -0.05) is 0 Å². The molecule has 1 fully saturated rings. The summed E-state index contributed by atoms with van der Waals surface area (Å²) in [4.78, 5) is 3.72. The third kappa shape index (κ3) is 3.34. The summed E-state index contributed by atoms with van der Waals surface area (Å²) in [6.07, 6.45) is 1.11. The average Bonchev–Trinajstić information content (AvgIpc) is 2.73.